The molecule has 10 nitrogen and oxygen atoms in total. The van der Waals surface area contributed by atoms with E-state index in [1.165, 1.54) is 0 Å². The van der Waals surface area contributed by atoms with Crippen molar-refractivity contribution in [1.29, 1.82) is 0 Å². The van der Waals surface area contributed by atoms with Crippen LogP contribution in [0.5, 0.6) is 0 Å². The van der Waals surface area contributed by atoms with Crippen LogP contribution in [0.25, 0.3) is 0 Å². The fourth-order valence-corrected chi connectivity index (χ4v) is 5.21. The standard InChI is InChI=1S/C42H68NO9P/c1-3-5-7-9-11-13-15-17-18-19-20-21-23-25-27-29-31-33-35-49-36-39(37-50-53(47,48)51-38-40(43)42(45)46)52-41(44)34-32-30-28-26-24-22-16-14-12-10-8-6-4-2/h5-8,11-14,17-18,20-22,24,28,30,39-40H,3-4,9-10,15-16,19,23,25-27,29,31-38,43H2,1-2H3,(H,45,46)(H,47,48)/b7-5-,8-6-,13-11-,14-12-,18-17-,21-20-,24-22-,30-28-. The number of carboxylic acids is 1. The van der Waals surface area contributed by atoms with Crippen molar-refractivity contribution in [1.82, 2.24) is 0 Å². The molecule has 0 aromatic rings. The summed E-state index contributed by atoms with van der Waals surface area (Å²) in [4.78, 5) is 33.4. The highest BCUT2D eigenvalue weighted by Crippen LogP contribution is 2.43. The Morgan fingerprint density at radius 1 is 0.604 bits per heavy atom. The molecule has 11 heteroatoms. The molecule has 0 heterocycles. The van der Waals surface area contributed by atoms with E-state index in [1.807, 2.05) is 12.2 Å². The van der Waals surface area contributed by atoms with Crippen molar-refractivity contribution in [2.24, 2.45) is 5.73 Å². The van der Waals surface area contributed by atoms with Gasteiger partial charge in [0.15, 0.2) is 0 Å². The van der Waals surface area contributed by atoms with E-state index in [4.69, 9.17) is 24.8 Å². The van der Waals surface area contributed by atoms with Crippen molar-refractivity contribution in [2.75, 3.05) is 26.4 Å². The third-order valence-corrected chi connectivity index (χ3v) is 8.32. The minimum atomic E-state index is -4.64. The summed E-state index contributed by atoms with van der Waals surface area (Å²) in [7, 11) is -4.64. The van der Waals surface area contributed by atoms with Gasteiger partial charge in [0, 0.05) is 13.0 Å². The first-order valence-electron chi connectivity index (χ1n) is 19.3. The quantitative estimate of drug-likeness (QED) is 0.0246. The van der Waals surface area contributed by atoms with E-state index in [0.717, 1.165) is 89.9 Å². The first-order chi connectivity index (χ1) is 25.7. The number of hydrogen-bond acceptors (Lipinski definition) is 8. The number of carbonyl (C=O) groups excluding carboxylic acids is 1. The number of carbonyl (C=O) groups is 2. The second-order valence-corrected chi connectivity index (χ2v) is 13.7. The van der Waals surface area contributed by atoms with Crippen molar-refractivity contribution < 1.29 is 42.7 Å². The van der Waals surface area contributed by atoms with Gasteiger partial charge in [-0.15, -0.1) is 0 Å². The average molecular weight is 762 g/mol. The van der Waals surface area contributed by atoms with Crippen LogP contribution in [0.1, 0.15) is 117 Å². The molecule has 53 heavy (non-hydrogen) atoms. The Bertz CT molecular complexity index is 1200. The van der Waals surface area contributed by atoms with Gasteiger partial charge in [-0.05, 0) is 77.0 Å². The highest BCUT2D eigenvalue weighted by atomic mass is 31.2. The molecular formula is C42H68NO9P. The predicted octanol–water partition coefficient (Wildman–Crippen LogP) is 10.2. The molecule has 0 saturated heterocycles. The molecule has 0 aliphatic carbocycles. The van der Waals surface area contributed by atoms with Crippen LogP contribution in [-0.2, 0) is 32.7 Å². The zero-order valence-electron chi connectivity index (χ0n) is 32.3. The maximum Gasteiger partial charge on any atom is 0.472 e. The van der Waals surface area contributed by atoms with Gasteiger partial charge >= 0.3 is 19.8 Å². The van der Waals surface area contributed by atoms with E-state index in [1.54, 1.807) is 0 Å². The Morgan fingerprint density at radius 2 is 1.04 bits per heavy atom. The highest BCUT2D eigenvalue weighted by Gasteiger charge is 2.27. The largest absolute Gasteiger partial charge is 0.480 e. The van der Waals surface area contributed by atoms with E-state index >= 15 is 0 Å². The average Bonchev–Trinajstić information content (AvgIpc) is 3.13. The number of aliphatic carboxylic acids is 1. The van der Waals surface area contributed by atoms with Crippen molar-refractivity contribution in [3.05, 3.63) is 97.2 Å². The highest BCUT2D eigenvalue weighted by molar-refractivity contribution is 7.47. The van der Waals surface area contributed by atoms with Gasteiger partial charge in [0.25, 0.3) is 0 Å². The van der Waals surface area contributed by atoms with Crippen LogP contribution in [-0.4, -0.2) is 60.5 Å². The molecule has 0 radical (unpaired) electrons. The SMILES string of the molecule is CC/C=C\C/C=C\C/C=C\C/C=C\CCCCCCCOCC(COP(=O)(O)OCC(N)C(=O)O)OC(=O)CC/C=C\C/C=C\C/C=C\C/C=C\CC. The molecular weight excluding hydrogens is 693 g/mol. The van der Waals surface area contributed by atoms with Crippen molar-refractivity contribution in [3.63, 3.8) is 0 Å². The molecule has 0 aliphatic rings. The maximum atomic E-state index is 12.5. The Morgan fingerprint density at radius 3 is 1.55 bits per heavy atom. The molecule has 3 atom stereocenters. The van der Waals surface area contributed by atoms with Gasteiger partial charge in [0.05, 0.1) is 19.8 Å². The minimum absolute atomic E-state index is 0.0316. The Balaban J connectivity index is 4.44. The maximum absolute atomic E-state index is 12.5. The molecule has 0 rings (SSSR count). The van der Waals surface area contributed by atoms with E-state index in [2.05, 4.69) is 103 Å². The van der Waals surface area contributed by atoms with Crippen LogP contribution in [0.4, 0.5) is 0 Å². The zero-order valence-corrected chi connectivity index (χ0v) is 33.2. The Kier molecular flexibility index (Phi) is 35.0. The fraction of sp³-hybridized carbons (Fsp3) is 0.571. The lowest BCUT2D eigenvalue weighted by Gasteiger charge is -2.20. The second kappa shape index (κ2) is 37.2. The van der Waals surface area contributed by atoms with E-state index < -0.39 is 45.1 Å². The molecule has 0 spiro atoms. The third kappa shape index (κ3) is 37.0. The van der Waals surface area contributed by atoms with Gasteiger partial charge in [0.2, 0.25) is 0 Å². The molecule has 0 aliphatic heterocycles. The summed E-state index contributed by atoms with van der Waals surface area (Å²) >= 11 is 0. The summed E-state index contributed by atoms with van der Waals surface area (Å²) in [6.07, 6.45) is 47.7. The number of rotatable bonds is 35. The Hall–Kier alpha value is -3.11. The normalized spacial score (nSPS) is 15.1. The van der Waals surface area contributed by atoms with Gasteiger partial charge in [-0.2, -0.15) is 0 Å². The molecule has 0 bridgehead atoms. The monoisotopic (exact) mass is 761 g/mol. The number of ether oxygens (including phenoxy) is 2. The van der Waals surface area contributed by atoms with Crippen LogP contribution in [0.15, 0.2) is 97.2 Å². The molecule has 0 fully saturated rings. The molecule has 0 amide bonds. The fourth-order valence-electron chi connectivity index (χ4n) is 4.43. The number of hydrogen-bond donors (Lipinski definition) is 3. The van der Waals surface area contributed by atoms with Crippen molar-refractivity contribution in [3.8, 4) is 0 Å². The summed E-state index contributed by atoms with van der Waals surface area (Å²) in [6, 6.07) is -1.49. The first-order valence-corrected chi connectivity index (χ1v) is 20.8. The lowest BCUT2D eigenvalue weighted by molar-refractivity contribution is -0.154. The van der Waals surface area contributed by atoms with Crippen LogP contribution in [0.3, 0.4) is 0 Å². The number of allylic oxidation sites excluding steroid dienone is 16. The number of phosphoric ester groups is 1. The zero-order chi connectivity index (χ0) is 39.1. The van der Waals surface area contributed by atoms with Crippen LogP contribution in [0, 0.1) is 0 Å². The molecule has 4 N–H and O–H groups in total. The molecule has 0 aromatic heterocycles. The number of unbranched alkanes of at least 4 members (excludes halogenated alkanes) is 5. The lowest BCUT2D eigenvalue weighted by atomic mass is 10.1. The first kappa shape index (κ1) is 49.9. The molecule has 3 unspecified atom stereocenters. The van der Waals surface area contributed by atoms with E-state index in [9.17, 15) is 19.0 Å². The van der Waals surface area contributed by atoms with Gasteiger partial charge in [-0.3, -0.25) is 18.6 Å². The van der Waals surface area contributed by atoms with Crippen LogP contribution < -0.4 is 5.73 Å². The smallest absolute Gasteiger partial charge is 0.472 e. The van der Waals surface area contributed by atoms with Gasteiger partial charge in [-0.25, -0.2) is 4.57 Å². The molecule has 300 valence electrons. The number of esters is 1. The Labute approximate surface area is 319 Å². The summed E-state index contributed by atoms with van der Waals surface area (Å²) < 4.78 is 33.1. The van der Waals surface area contributed by atoms with E-state index in [0.29, 0.717) is 13.0 Å². The summed E-state index contributed by atoms with van der Waals surface area (Å²) in [5.74, 6) is -1.89. The van der Waals surface area contributed by atoms with Crippen LogP contribution >= 0.6 is 7.82 Å². The molecule has 0 saturated carbocycles. The van der Waals surface area contributed by atoms with Gasteiger partial charge in [-0.1, -0.05) is 130 Å². The summed E-state index contributed by atoms with van der Waals surface area (Å²) in [5.41, 5.74) is 5.33. The number of phosphoric acid groups is 1. The number of nitrogens with two attached hydrogens (primary N) is 1. The minimum Gasteiger partial charge on any atom is -0.480 e. The lowest BCUT2D eigenvalue weighted by Crippen LogP contribution is -2.34. The van der Waals surface area contributed by atoms with Crippen molar-refractivity contribution in [2.45, 2.75) is 129 Å². The molecule has 0 aromatic carbocycles. The third-order valence-electron chi connectivity index (χ3n) is 7.37. The predicted molar refractivity (Wildman–Crippen MR) is 216 cm³/mol. The van der Waals surface area contributed by atoms with Crippen LogP contribution in [0.2, 0.25) is 0 Å². The number of carboxylic acid groups (broad SMARTS) is 1. The van der Waals surface area contributed by atoms with Gasteiger partial charge < -0.3 is 25.2 Å². The van der Waals surface area contributed by atoms with E-state index in [-0.39, 0.29) is 13.0 Å². The van der Waals surface area contributed by atoms with Crippen molar-refractivity contribution >= 4 is 19.8 Å². The second-order valence-electron chi connectivity index (χ2n) is 12.3. The summed E-state index contributed by atoms with van der Waals surface area (Å²) in [5, 5.41) is 8.87. The topological polar surface area (TPSA) is 155 Å². The van der Waals surface area contributed by atoms with Gasteiger partial charge in [0.1, 0.15) is 12.1 Å². The summed E-state index contributed by atoms with van der Waals surface area (Å²) in [6.45, 7) is 3.47.